The number of hydrogen-bond donors (Lipinski definition) is 1. The molecular formula is C19H24N2O3S. The summed E-state index contributed by atoms with van der Waals surface area (Å²) in [6.45, 7) is 5.62. The van der Waals surface area contributed by atoms with Crippen LogP contribution in [0.1, 0.15) is 31.2 Å². The third-order valence-electron chi connectivity index (χ3n) is 4.25. The Morgan fingerprint density at radius 3 is 2.76 bits per heavy atom. The number of rotatable bonds is 6. The van der Waals surface area contributed by atoms with Crippen LogP contribution in [0, 0.1) is 0 Å². The highest BCUT2D eigenvalue weighted by atomic mass is 32.1. The summed E-state index contributed by atoms with van der Waals surface area (Å²) in [4.78, 5) is 15.6. The average molecular weight is 360 g/mol. The van der Waals surface area contributed by atoms with E-state index < -0.39 is 0 Å². The molecular weight excluding hydrogens is 336 g/mol. The maximum atomic E-state index is 12.7. The monoisotopic (exact) mass is 360 g/mol. The van der Waals surface area contributed by atoms with Gasteiger partial charge in [-0.1, -0.05) is 25.1 Å². The molecule has 1 aromatic carbocycles. The fourth-order valence-electron chi connectivity index (χ4n) is 2.86. The highest BCUT2D eigenvalue weighted by Gasteiger charge is 2.25. The predicted octanol–water partition coefficient (Wildman–Crippen LogP) is 4.07. The number of ether oxygens (including phenoxy) is 2. The molecule has 2 amide bonds. The van der Waals surface area contributed by atoms with Crippen molar-refractivity contribution >= 4 is 17.4 Å². The summed E-state index contributed by atoms with van der Waals surface area (Å²) in [5.41, 5.74) is 0. The van der Waals surface area contributed by atoms with Crippen molar-refractivity contribution < 1.29 is 14.3 Å². The molecule has 6 heteroatoms. The summed E-state index contributed by atoms with van der Waals surface area (Å²) in [5.74, 6) is 1.50. The normalized spacial score (nSPS) is 17.0. The molecule has 2 atom stereocenters. The van der Waals surface area contributed by atoms with Gasteiger partial charge in [-0.05, 0) is 36.9 Å². The van der Waals surface area contributed by atoms with Crippen molar-refractivity contribution in [3.05, 3.63) is 46.7 Å². The molecule has 1 N–H and O–H groups in total. The van der Waals surface area contributed by atoms with Crippen LogP contribution in [0.2, 0.25) is 0 Å². The van der Waals surface area contributed by atoms with E-state index in [-0.39, 0.29) is 18.2 Å². The standard InChI is InChI=1S/C19H24N2O3S/c1-3-15(18-10-7-11-25-18)20-19(22)21(4-2)12-14-13-23-16-8-5-6-9-17(16)24-14/h5-11,14-15H,3-4,12-13H2,1-2H3,(H,20,22). The van der Waals surface area contributed by atoms with Crippen molar-refractivity contribution in [1.82, 2.24) is 10.2 Å². The molecule has 0 spiro atoms. The van der Waals surface area contributed by atoms with Crippen molar-refractivity contribution in [1.29, 1.82) is 0 Å². The second-order valence-corrected chi connectivity index (χ2v) is 6.94. The maximum absolute atomic E-state index is 12.7. The lowest BCUT2D eigenvalue weighted by molar-refractivity contribution is 0.0671. The van der Waals surface area contributed by atoms with Gasteiger partial charge in [0.15, 0.2) is 17.6 Å². The van der Waals surface area contributed by atoms with E-state index in [0.717, 1.165) is 17.9 Å². The number of para-hydroxylation sites is 2. The molecule has 2 heterocycles. The Morgan fingerprint density at radius 1 is 1.28 bits per heavy atom. The maximum Gasteiger partial charge on any atom is 0.318 e. The Morgan fingerprint density at radius 2 is 2.08 bits per heavy atom. The molecule has 134 valence electrons. The van der Waals surface area contributed by atoms with E-state index in [1.54, 1.807) is 16.2 Å². The number of carbonyl (C=O) groups is 1. The molecule has 1 aliphatic rings. The fourth-order valence-corrected chi connectivity index (χ4v) is 3.72. The van der Waals surface area contributed by atoms with E-state index in [1.807, 2.05) is 42.6 Å². The number of urea groups is 1. The molecule has 0 fully saturated rings. The van der Waals surface area contributed by atoms with Gasteiger partial charge in [0, 0.05) is 11.4 Å². The molecule has 0 saturated carbocycles. The van der Waals surface area contributed by atoms with Crippen LogP contribution in [0.15, 0.2) is 41.8 Å². The SMILES string of the molecule is CCC(NC(=O)N(CC)CC1COc2ccccc2O1)c1cccs1. The van der Waals surface area contributed by atoms with Gasteiger partial charge in [0.2, 0.25) is 0 Å². The van der Waals surface area contributed by atoms with Gasteiger partial charge in [0.05, 0.1) is 12.6 Å². The van der Waals surface area contributed by atoms with Crippen LogP contribution in [0.3, 0.4) is 0 Å². The molecule has 3 rings (SSSR count). The lowest BCUT2D eigenvalue weighted by atomic mass is 10.2. The first-order valence-electron chi connectivity index (χ1n) is 8.68. The Bertz CT molecular complexity index is 690. The van der Waals surface area contributed by atoms with E-state index in [1.165, 1.54) is 4.88 Å². The zero-order valence-corrected chi connectivity index (χ0v) is 15.4. The number of amides is 2. The van der Waals surface area contributed by atoms with E-state index in [4.69, 9.17) is 9.47 Å². The van der Waals surface area contributed by atoms with Crippen LogP contribution < -0.4 is 14.8 Å². The molecule has 0 radical (unpaired) electrons. The van der Waals surface area contributed by atoms with Gasteiger partial charge in [0.1, 0.15) is 6.61 Å². The summed E-state index contributed by atoms with van der Waals surface area (Å²) in [5, 5.41) is 5.16. The summed E-state index contributed by atoms with van der Waals surface area (Å²) < 4.78 is 11.7. The number of carbonyl (C=O) groups excluding carboxylic acids is 1. The van der Waals surface area contributed by atoms with Gasteiger partial charge in [0.25, 0.3) is 0 Å². The third-order valence-corrected chi connectivity index (χ3v) is 5.24. The minimum Gasteiger partial charge on any atom is -0.486 e. The van der Waals surface area contributed by atoms with Crippen LogP contribution in [0.25, 0.3) is 0 Å². The van der Waals surface area contributed by atoms with Gasteiger partial charge in [-0.3, -0.25) is 0 Å². The highest BCUT2D eigenvalue weighted by molar-refractivity contribution is 7.10. The number of thiophene rings is 1. The van der Waals surface area contributed by atoms with Crippen molar-refractivity contribution in [3.8, 4) is 11.5 Å². The van der Waals surface area contributed by atoms with Gasteiger partial charge >= 0.3 is 6.03 Å². The smallest absolute Gasteiger partial charge is 0.318 e. The number of hydrogen-bond acceptors (Lipinski definition) is 4. The van der Waals surface area contributed by atoms with Crippen molar-refractivity contribution in [2.45, 2.75) is 32.4 Å². The largest absolute Gasteiger partial charge is 0.486 e. The quantitative estimate of drug-likeness (QED) is 0.845. The predicted molar refractivity (Wildman–Crippen MR) is 99.5 cm³/mol. The fraction of sp³-hybridized carbons (Fsp3) is 0.421. The van der Waals surface area contributed by atoms with E-state index >= 15 is 0 Å². The Kier molecular flexibility index (Phi) is 5.81. The Balaban J connectivity index is 1.59. The zero-order chi connectivity index (χ0) is 17.6. The summed E-state index contributed by atoms with van der Waals surface area (Å²) >= 11 is 1.67. The summed E-state index contributed by atoms with van der Waals surface area (Å²) in [6.07, 6.45) is 0.697. The molecule has 2 unspecified atom stereocenters. The van der Waals surface area contributed by atoms with Gasteiger partial charge < -0.3 is 19.7 Å². The number of fused-ring (bicyclic) bond motifs is 1. The molecule has 1 aromatic heterocycles. The minimum atomic E-state index is -0.164. The number of likely N-dealkylation sites (N-methyl/N-ethyl adjacent to an activating group) is 1. The highest BCUT2D eigenvalue weighted by Crippen LogP contribution is 2.31. The van der Waals surface area contributed by atoms with Crippen molar-refractivity contribution in [2.24, 2.45) is 0 Å². The lowest BCUT2D eigenvalue weighted by Gasteiger charge is -2.31. The summed E-state index contributed by atoms with van der Waals surface area (Å²) in [7, 11) is 0. The summed E-state index contributed by atoms with van der Waals surface area (Å²) in [6, 6.07) is 11.7. The first kappa shape index (κ1) is 17.6. The molecule has 0 aliphatic carbocycles. The first-order chi connectivity index (χ1) is 12.2. The minimum absolute atomic E-state index is 0.0470. The second kappa shape index (κ2) is 8.25. The van der Waals surface area contributed by atoms with Crippen LogP contribution >= 0.6 is 11.3 Å². The topological polar surface area (TPSA) is 50.8 Å². The first-order valence-corrected chi connectivity index (χ1v) is 9.56. The van der Waals surface area contributed by atoms with Crippen LogP contribution in [-0.2, 0) is 0 Å². The van der Waals surface area contributed by atoms with Crippen LogP contribution in [0.4, 0.5) is 4.79 Å². The Hall–Kier alpha value is -2.21. The number of nitrogens with one attached hydrogen (secondary N) is 1. The lowest BCUT2D eigenvalue weighted by Crippen LogP contribution is -2.48. The Labute approximate surface area is 152 Å². The van der Waals surface area contributed by atoms with E-state index in [2.05, 4.69) is 18.3 Å². The molecule has 25 heavy (non-hydrogen) atoms. The number of nitrogens with zero attached hydrogens (tertiary/aromatic N) is 1. The van der Waals surface area contributed by atoms with Crippen LogP contribution in [-0.4, -0.2) is 36.7 Å². The van der Waals surface area contributed by atoms with Gasteiger partial charge in [-0.25, -0.2) is 4.79 Å². The molecule has 1 aliphatic heterocycles. The van der Waals surface area contributed by atoms with Crippen LogP contribution in [0.5, 0.6) is 11.5 Å². The molecule has 2 aromatic rings. The molecule has 0 saturated heterocycles. The second-order valence-electron chi connectivity index (χ2n) is 5.96. The molecule has 0 bridgehead atoms. The third kappa shape index (κ3) is 4.25. The van der Waals surface area contributed by atoms with Gasteiger partial charge in [-0.15, -0.1) is 11.3 Å². The van der Waals surface area contributed by atoms with Crippen molar-refractivity contribution in [2.75, 3.05) is 19.7 Å². The average Bonchev–Trinajstić information content (AvgIpc) is 3.18. The zero-order valence-electron chi connectivity index (χ0n) is 14.6. The van der Waals surface area contributed by atoms with E-state index in [9.17, 15) is 4.79 Å². The van der Waals surface area contributed by atoms with E-state index in [0.29, 0.717) is 19.7 Å². The number of benzene rings is 1. The molecule has 5 nitrogen and oxygen atoms in total. The van der Waals surface area contributed by atoms with Crippen molar-refractivity contribution in [3.63, 3.8) is 0 Å². The van der Waals surface area contributed by atoms with Gasteiger partial charge in [-0.2, -0.15) is 0 Å².